The lowest BCUT2D eigenvalue weighted by Gasteiger charge is -2.05. The van der Waals surface area contributed by atoms with Gasteiger partial charge < -0.3 is 10.8 Å². The third kappa shape index (κ3) is 2.96. The van der Waals surface area contributed by atoms with Gasteiger partial charge in [0.25, 0.3) is 0 Å². The number of aryl methyl sites for hydroxylation is 2. The molecular formula is C13H15BrN4O. The Bertz CT molecular complexity index is 634. The van der Waals surface area contributed by atoms with Crippen LogP contribution in [0.2, 0.25) is 0 Å². The number of phenolic OH excluding ortho intramolecular Hbond substituents is 1. The van der Waals surface area contributed by atoms with Gasteiger partial charge in [-0.05, 0) is 47.0 Å². The van der Waals surface area contributed by atoms with Crippen molar-refractivity contribution in [1.82, 2.24) is 9.66 Å². The molecule has 100 valence electrons. The van der Waals surface area contributed by atoms with Gasteiger partial charge in [0.15, 0.2) is 0 Å². The smallest absolute Gasteiger partial charge is 0.221 e. The average molecular weight is 323 g/mol. The summed E-state index contributed by atoms with van der Waals surface area (Å²) in [7, 11) is 0. The molecule has 2 aromatic rings. The molecule has 0 bridgehead atoms. The van der Waals surface area contributed by atoms with E-state index < -0.39 is 0 Å². The second-order valence-corrected chi connectivity index (χ2v) is 5.05. The first-order valence-electron chi connectivity index (χ1n) is 5.88. The number of hydrogen-bond acceptors (Lipinski definition) is 4. The van der Waals surface area contributed by atoms with Crippen molar-refractivity contribution in [1.29, 1.82) is 0 Å². The molecular weight excluding hydrogens is 308 g/mol. The Hall–Kier alpha value is -1.82. The van der Waals surface area contributed by atoms with E-state index in [-0.39, 0.29) is 5.75 Å². The van der Waals surface area contributed by atoms with E-state index >= 15 is 0 Å². The lowest BCUT2D eigenvalue weighted by Crippen LogP contribution is -1.97. The number of halogens is 1. The highest BCUT2D eigenvalue weighted by Crippen LogP contribution is 2.28. The third-order valence-electron chi connectivity index (χ3n) is 2.72. The van der Waals surface area contributed by atoms with E-state index in [1.165, 1.54) is 4.68 Å². The number of benzene rings is 1. The van der Waals surface area contributed by atoms with Crippen molar-refractivity contribution in [3.05, 3.63) is 39.6 Å². The molecule has 0 aliphatic heterocycles. The molecule has 0 radical (unpaired) electrons. The fourth-order valence-corrected chi connectivity index (χ4v) is 2.23. The van der Waals surface area contributed by atoms with Crippen LogP contribution < -0.4 is 5.73 Å². The molecule has 0 aliphatic carbocycles. The number of phenols is 1. The minimum absolute atomic E-state index is 0.163. The second-order valence-electron chi connectivity index (χ2n) is 4.20. The first-order chi connectivity index (χ1) is 9.01. The summed E-state index contributed by atoms with van der Waals surface area (Å²) in [5.74, 6) is 0.482. The number of aromatic nitrogens is 2. The minimum atomic E-state index is 0.163. The van der Waals surface area contributed by atoms with Crippen LogP contribution in [0.5, 0.6) is 5.75 Å². The maximum absolute atomic E-state index is 9.98. The Balaban J connectivity index is 2.37. The number of nitrogens with two attached hydrogens (primary N) is 1. The number of anilines is 1. The summed E-state index contributed by atoms with van der Waals surface area (Å²) in [5, 5.41) is 14.2. The van der Waals surface area contributed by atoms with Gasteiger partial charge in [0.1, 0.15) is 5.75 Å². The van der Waals surface area contributed by atoms with E-state index in [0.717, 1.165) is 17.7 Å². The van der Waals surface area contributed by atoms with Gasteiger partial charge in [-0.25, -0.2) is 9.66 Å². The quantitative estimate of drug-likeness (QED) is 0.853. The van der Waals surface area contributed by atoms with E-state index in [2.05, 4.69) is 32.9 Å². The monoisotopic (exact) mass is 322 g/mol. The zero-order chi connectivity index (χ0) is 14.0. The predicted octanol–water partition coefficient (Wildman–Crippen LogP) is 2.69. The molecule has 6 heteroatoms. The van der Waals surface area contributed by atoms with Crippen LogP contribution in [0.3, 0.4) is 0 Å². The fraction of sp³-hybridized carbons (Fsp3) is 0.231. The Labute approximate surface area is 119 Å². The topological polar surface area (TPSA) is 76.4 Å². The third-order valence-corrected chi connectivity index (χ3v) is 3.32. The molecule has 1 aromatic carbocycles. The van der Waals surface area contributed by atoms with Gasteiger partial charge in [-0.3, -0.25) is 0 Å². The van der Waals surface area contributed by atoms with Crippen molar-refractivity contribution in [3.63, 3.8) is 0 Å². The SMILES string of the molecule is CCc1cc(Br)c(O)c(C=Nn2cc(C)nc2N)c1. The molecule has 0 aliphatic rings. The van der Waals surface area contributed by atoms with E-state index in [4.69, 9.17) is 5.73 Å². The van der Waals surface area contributed by atoms with Gasteiger partial charge >= 0.3 is 0 Å². The van der Waals surface area contributed by atoms with Gasteiger partial charge in [-0.2, -0.15) is 5.10 Å². The summed E-state index contributed by atoms with van der Waals surface area (Å²) in [6.45, 7) is 3.89. The molecule has 3 N–H and O–H groups in total. The molecule has 0 fully saturated rings. The summed E-state index contributed by atoms with van der Waals surface area (Å²) in [5.41, 5.74) is 8.24. The number of nitrogen functional groups attached to an aromatic ring is 1. The highest BCUT2D eigenvalue weighted by Gasteiger charge is 2.06. The van der Waals surface area contributed by atoms with Crippen LogP contribution >= 0.6 is 15.9 Å². The van der Waals surface area contributed by atoms with Crippen molar-refractivity contribution in [3.8, 4) is 5.75 Å². The molecule has 5 nitrogen and oxygen atoms in total. The average Bonchev–Trinajstić information content (AvgIpc) is 2.69. The van der Waals surface area contributed by atoms with Crippen LogP contribution in [0.1, 0.15) is 23.7 Å². The summed E-state index contributed by atoms with van der Waals surface area (Å²) in [6, 6.07) is 3.78. The van der Waals surface area contributed by atoms with Crippen molar-refractivity contribution >= 4 is 28.1 Å². The highest BCUT2D eigenvalue weighted by atomic mass is 79.9. The van der Waals surface area contributed by atoms with Crippen molar-refractivity contribution in [2.75, 3.05) is 5.73 Å². The molecule has 0 atom stereocenters. The van der Waals surface area contributed by atoms with Gasteiger partial charge in [0, 0.05) is 5.56 Å². The summed E-state index contributed by atoms with van der Waals surface area (Å²) in [6.07, 6.45) is 4.17. The van der Waals surface area contributed by atoms with Gasteiger partial charge in [0.2, 0.25) is 5.95 Å². The van der Waals surface area contributed by atoms with E-state index in [9.17, 15) is 5.11 Å². The lowest BCUT2D eigenvalue weighted by molar-refractivity contribution is 0.470. The Morgan fingerprint density at radius 1 is 1.53 bits per heavy atom. The van der Waals surface area contributed by atoms with Crippen molar-refractivity contribution < 1.29 is 5.11 Å². The number of nitrogens with zero attached hydrogens (tertiary/aromatic N) is 3. The van der Waals surface area contributed by atoms with Crippen molar-refractivity contribution in [2.45, 2.75) is 20.3 Å². The molecule has 0 unspecified atom stereocenters. The van der Waals surface area contributed by atoms with Crippen LogP contribution in [-0.2, 0) is 6.42 Å². The van der Waals surface area contributed by atoms with Crippen LogP contribution in [-0.4, -0.2) is 21.0 Å². The molecule has 1 aromatic heterocycles. The second kappa shape index (κ2) is 5.44. The molecule has 0 saturated carbocycles. The molecule has 0 spiro atoms. The molecule has 0 saturated heterocycles. The van der Waals surface area contributed by atoms with E-state index in [0.29, 0.717) is 16.0 Å². The van der Waals surface area contributed by atoms with Crippen LogP contribution in [0.25, 0.3) is 0 Å². The predicted molar refractivity (Wildman–Crippen MR) is 79.6 cm³/mol. The summed E-state index contributed by atoms with van der Waals surface area (Å²) in [4.78, 5) is 4.05. The van der Waals surface area contributed by atoms with E-state index in [1.807, 2.05) is 19.1 Å². The number of hydrogen-bond donors (Lipinski definition) is 2. The number of imidazole rings is 1. The minimum Gasteiger partial charge on any atom is -0.506 e. The number of aromatic hydroxyl groups is 1. The van der Waals surface area contributed by atoms with Crippen molar-refractivity contribution in [2.24, 2.45) is 5.10 Å². The molecule has 1 heterocycles. The standard InChI is InChI=1S/C13H15BrN4O/c1-3-9-4-10(12(19)11(14)5-9)6-16-18-7-8(2)17-13(18)15/h4-7,19H,3H2,1-2H3,(H2,15,17). The first kappa shape index (κ1) is 13.6. The van der Waals surface area contributed by atoms with E-state index in [1.54, 1.807) is 12.4 Å². The van der Waals surface area contributed by atoms with Gasteiger partial charge in [-0.15, -0.1) is 0 Å². The maximum Gasteiger partial charge on any atom is 0.221 e. The van der Waals surface area contributed by atoms with Gasteiger partial charge in [-0.1, -0.05) is 6.92 Å². The zero-order valence-electron chi connectivity index (χ0n) is 10.8. The molecule has 2 rings (SSSR count). The maximum atomic E-state index is 9.98. The largest absolute Gasteiger partial charge is 0.506 e. The highest BCUT2D eigenvalue weighted by molar-refractivity contribution is 9.10. The van der Waals surface area contributed by atoms with Crippen LogP contribution in [0.4, 0.5) is 5.95 Å². The zero-order valence-corrected chi connectivity index (χ0v) is 12.3. The Kier molecular flexibility index (Phi) is 3.90. The summed E-state index contributed by atoms with van der Waals surface area (Å²) >= 11 is 3.33. The Morgan fingerprint density at radius 3 is 2.84 bits per heavy atom. The molecule has 0 amide bonds. The van der Waals surface area contributed by atoms with Crippen LogP contribution in [0, 0.1) is 6.92 Å². The normalized spacial score (nSPS) is 11.3. The lowest BCUT2D eigenvalue weighted by atomic mass is 10.1. The molecule has 19 heavy (non-hydrogen) atoms. The fourth-order valence-electron chi connectivity index (χ4n) is 1.70. The first-order valence-corrected chi connectivity index (χ1v) is 6.67. The van der Waals surface area contributed by atoms with Gasteiger partial charge in [0.05, 0.1) is 22.6 Å². The van der Waals surface area contributed by atoms with Crippen LogP contribution in [0.15, 0.2) is 27.9 Å². The Morgan fingerprint density at radius 2 is 2.26 bits per heavy atom. The number of rotatable bonds is 3. The summed E-state index contributed by atoms with van der Waals surface area (Å²) < 4.78 is 2.13.